The first kappa shape index (κ1) is 13.3. The lowest BCUT2D eigenvalue weighted by Crippen LogP contribution is -2.25. The van der Waals surface area contributed by atoms with Gasteiger partial charge < -0.3 is 4.74 Å². The molecule has 0 saturated carbocycles. The van der Waals surface area contributed by atoms with Crippen LogP contribution in [0.4, 0.5) is 5.69 Å². The smallest absolute Gasteiger partial charge is 0.310 e. The fourth-order valence-corrected chi connectivity index (χ4v) is 2.39. The van der Waals surface area contributed by atoms with Crippen molar-refractivity contribution in [2.75, 3.05) is 26.2 Å². The number of ether oxygens (including phenoxy) is 1. The van der Waals surface area contributed by atoms with Crippen molar-refractivity contribution in [2.45, 2.75) is 12.8 Å². The zero-order valence-corrected chi connectivity index (χ0v) is 11.6. The maximum atomic E-state index is 10.9. The van der Waals surface area contributed by atoms with Crippen LogP contribution in [0.15, 0.2) is 22.7 Å². The normalized spacial score (nSPS) is 15.8. The van der Waals surface area contributed by atoms with Gasteiger partial charge in [0.25, 0.3) is 0 Å². The Bertz CT molecular complexity index is 433. The number of nitro groups is 1. The zero-order chi connectivity index (χ0) is 13.0. The molecular weight excluding hydrogens is 300 g/mol. The highest BCUT2D eigenvalue weighted by Gasteiger charge is 2.16. The second-order valence-electron chi connectivity index (χ2n) is 4.27. The van der Waals surface area contributed by atoms with Crippen molar-refractivity contribution in [1.82, 2.24) is 4.90 Å². The van der Waals surface area contributed by atoms with Crippen molar-refractivity contribution < 1.29 is 9.66 Å². The van der Waals surface area contributed by atoms with Gasteiger partial charge in [0.1, 0.15) is 6.61 Å². The highest BCUT2D eigenvalue weighted by molar-refractivity contribution is 9.10. The molecule has 1 fully saturated rings. The number of hydrogen-bond acceptors (Lipinski definition) is 4. The summed E-state index contributed by atoms with van der Waals surface area (Å²) in [5.74, 6) is 0.327. The third-order valence-electron chi connectivity index (χ3n) is 2.98. The lowest BCUT2D eigenvalue weighted by Gasteiger charge is -2.14. The molecule has 1 aliphatic heterocycles. The van der Waals surface area contributed by atoms with E-state index in [0.717, 1.165) is 24.1 Å². The van der Waals surface area contributed by atoms with E-state index in [-0.39, 0.29) is 5.69 Å². The second-order valence-corrected chi connectivity index (χ2v) is 5.18. The van der Waals surface area contributed by atoms with Crippen LogP contribution in [0.2, 0.25) is 0 Å². The largest absolute Gasteiger partial charge is 0.485 e. The molecule has 0 aromatic heterocycles. The van der Waals surface area contributed by atoms with Gasteiger partial charge in [-0.1, -0.05) is 15.9 Å². The lowest BCUT2D eigenvalue weighted by atomic mass is 10.3. The topological polar surface area (TPSA) is 55.6 Å². The Labute approximate surface area is 114 Å². The molecule has 0 aliphatic carbocycles. The van der Waals surface area contributed by atoms with E-state index < -0.39 is 4.92 Å². The first-order valence-electron chi connectivity index (χ1n) is 5.96. The standard InChI is InChI=1S/C12H15BrN2O3/c13-10-3-4-11(15(16)17)12(9-10)18-8-7-14-5-1-2-6-14/h3-4,9H,1-2,5-8H2. The van der Waals surface area contributed by atoms with Crippen LogP contribution in [0, 0.1) is 10.1 Å². The van der Waals surface area contributed by atoms with Crippen molar-refractivity contribution in [3.63, 3.8) is 0 Å². The average molecular weight is 315 g/mol. The molecule has 0 radical (unpaired) electrons. The van der Waals surface area contributed by atoms with E-state index >= 15 is 0 Å². The minimum absolute atomic E-state index is 0.0135. The molecule has 1 aliphatic rings. The van der Waals surface area contributed by atoms with Gasteiger partial charge in [0.15, 0.2) is 5.75 Å². The first-order valence-corrected chi connectivity index (χ1v) is 6.75. The second kappa shape index (κ2) is 6.15. The van der Waals surface area contributed by atoms with Crippen LogP contribution in [0.5, 0.6) is 5.75 Å². The van der Waals surface area contributed by atoms with E-state index in [2.05, 4.69) is 20.8 Å². The lowest BCUT2D eigenvalue weighted by molar-refractivity contribution is -0.385. The van der Waals surface area contributed by atoms with Gasteiger partial charge in [0, 0.05) is 23.2 Å². The predicted molar refractivity (Wildman–Crippen MR) is 72.0 cm³/mol. The van der Waals surface area contributed by atoms with Crippen LogP contribution in [-0.2, 0) is 0 Å². The van der Waals surface area contributed by atoms with Gasteiger partial charge in [0.05, 0.1) is 4.92 Å². The van der Waals surface area contributed by atoms with Crippen molar-refractivity contribution in [3.05, 3.63) is 32.8 Å². The fourth-order valence-electron chi connectivity index (χ4n) is 2.05. The van der Waals surface area contributed by atoms with Crippen LogP contribution < -0.4 is 4.74 Å². The van der Waals surface area contributed by atoms with Crippen LogP contribution in [-0.4, -0.2) is 36.1 Å². The summed E-state index contributed by atoms with van der Waals surface area (Å²) in [6.45, 7) is 3.51. The Morgan fingerprint density at radius 1 is 1.39 bits per heavy atom. The van der Waals surface area contributed by atoms with Crippen molar-refractivity contribution >= 4 is 21.6 Å². The number of halogens is 1. The van der Waals surface area contributed by atoms with Gasteiger partial charge >= 0.3 is 5.69 Å². The Balaban J connectivity index is 1.94. The maximum absolute atomic E-state index is 10.9. The van der Waals surface area contributed by atoms with Crippen molar-refractivity contribution in [2.24, 2.45) is 0 Å². The zero-order valence-electron chi connectivity index (χ0n) is 9.97. The summed E-state index contributed by atoms with van der Waals surface area (Å²) in [7, 11) is 0. The van der Waals surface area contributed by atoms with Crippen LogP contribution in [0.25, 0.3) is 0 Å². The average Bonchev–Trinajstić information content (AvgIpc) is 2.82. The highest BCUT2D eigenvalue weighted by Crippen LogP contribution is 2.30. The summed E-state index contributed by atoms with van der Waals surface area (Å²) in [4.78, 5) is 12.7. The molecule has 1 saturated heterocycles. The van der Waals surface area contributed by atoms with E-state index in [9.17, 15) is 10.1 Å². The molecule has 0 atom stereocenters. The van der Waals surface area contributed by atoms with Gasteiger partial charge in [-0.3, -0.25) is 15.0 Å². The Morgan fingerprint density at radius 3 is 2.78 bits per heavy atom. The molecule has 1 aromatic rings. The summed E-state index contributed by atoms with van der Waals surface area (Å²) in [6, 6.07) is 4.74. The Kier molecular flexibility index (Phi) is 4.54. The van der Waals surface area contributed by atoms with Gasteiger partial charge in [0.2, 0.25) is 0 Å². The predicted octanol–water partition coefficient (Wildman–Crippen LogP) is 2.83. The van der Waals surface area contributed by atoms with E-state index in [0.29, 0.717) is 12.4 Å². The molecule has 0 N–H and O–H groups in total. The molecule has 1 heterocycles. The van der Waals surface area contributed by atoms with E-state index in [1.165, 1.54) is 18.9 Å². The van der Waals surface area contributed by atoms with Gasteiger partial charge in [-0.15, -0.1) is 0 Å². The minimum Gasteiger partial charge on any atom is -0.485 e. The summed E-state index contributed by atoms with van der Waals surface area (Å²) in [5, 5.41) is 10.9. The number of nitrogens with zero attached hydrogens (tertiary/aromatic N) is 2. The Morgan fingerprint density at radius 2 is 2.11 bits per heavy atom. The molecule has 0 spiro atoms. The van der Waals surface area contributed by atoms with Crippen molar-refractivity contribution in [3.8, 4) is 5.75 Å². The molecule has 0 bridgehead atoms. The third kappa shape index (κ3) is 3.43. The van der Waals surface area contributed by atoms with Crippen LogP contribution >= 0.6 is 15.9 Å². The summed E-state index contributed by atoms with van der Waals surface area (Å²) >= 11 is 3.29. The summed E-state index contributed by atoms with van der Waals surface area (Å²) < 4.78 is 6.31. The van der Waals surface area contributed by atoms with Crippen LogP contribution in [0.1, 0.15) is 12.8 Å². The van der Waals surface area contributed by atoms with E-state index in [1.807, 2.05) is 0 Å². The van der Waals surface area contributed by atoms with Gasteiger partial charge in [-0.25, -0.2) is 0 Å². The Hall–Kier alpha value is -1.14. The number of rotatable bonds is 5. The molecule has 6 heteroatoms. The summed E-state index contributed by atoms with van der Waals surface area (Å²) in [6.07, 6.45) is 2.47. The molecule has 2 rings (SSSR count). The number of nitro benzene ring substituents is 1. The molecule has 0 unspecified atom stereocenters. The van der Waals surface area contributed by atoms with E-state index in [1.54, 1.807) is 12.1 Å². The summed E-state index contributed by atoms with van der Waals surface area (Å²) in [5.41, 5.74) is 0.0135. The van der Waals surface area contributed by atoms with Crippen molar-refractivity contribution in [1.29, 1.82) is 0 Å². The monoisotopic (exact) mass is 314 g/mol. The molecule has 18 heavy (non-hydrogen) atoms. The van der Waals surface area contributed by atoms with Crippen LogP contribution in [0.3, 0.4) is 0 Å². The van der Waals surface area contributed by atoms with Gasteiger partial charge in [-0.2, -0.15) is 0 Å². The SMILES string of the molecule is O=[N+]([O-])c1ccc(Br)cc1OCCN1CCCC1. The quantitative estimate of drug-likeness (QED) is 0.619. The third-order valence-corrected chi connectivity index (χ3v) is 3.48. The number of likely N-dealkylation sites (tertiary alicyclic amines) is 1. The fraction of sp³-hybridized carbons (Fsp3) is 0.500. The molecular formula is C12H15BrN2O3. The first-order chi connectivity index (χ1) is 8.66. The molecule has 0 amide bonds. The number of hydrogen-bond donors (Lipinski definition) is 0. The number of benzene rings is 1. The maximum Gasteiger partial charge on any atom is 0.310 e. The molecule has 98 valence electrons. The molecule has 5 nitrogen and oxygen atoms in total. The highest BCUT2D eigenvalue weighted by atomic mass is 79.9. The molecule has 1 aromatic carbocycles. The minimum atomic E-state index is -0.419. The van der Waals surface area contributed by atoms with E-state index in [4.69, 9.17) is 4.74 Å². The van der Waals surface area contributed by atoms with Gasteiger partial charge in [-0.05, 0) is 32.0 Å².